The van der Waals surface area contributed by atoms with Crippen LogP contribution in [-0.2, 0) is 14.8 Å². The fourth-order valence-corrected chi connectivity index (χ4v) is 3.91. The Balaban J connectivity index is 2.48. The van der Waals surface area contributed by atoms with E-state index in [4.69, 9.17) is 0 Å². The smallest absolute Gasteiger partial charge is 0.246 e. The zero-order valence-electron chi connectivity index (χ0n) is 10.8. The molecule has 1 saturated heterocycles. The Bertz CT molecular complexity index is 634. The van der Waals surface area contributed by atoms with Gasteiger partial charge in [0.05, 0.1) is 0 Å². The van der Waals surface area contributed by atoms with Crippen LogP contribution < -0.4 is 5.32 Å². The third kappa shape index (κ3) is 2.53. The quantitative estimate of drug-likeness (QED) is 0.901. The lowest BCUT2D eigenvalue weighted by Crippen LogP contribution is -2.56. The van der Waals surface area contributed by atoms with E-state index in [1.807, 2.05) is 0 Å². The summed E-state index contributed by atoms with van der Waals surface area (Å²) < 4.78 is 52.6. The Morgan fingerprint density at radius 2 is 2.10 bits per heavy atom. The second-order valence-corrected chi connectivity index (χ2v) is 6.26. The molecule has 1 heterocycles. The van der Waals surface area contributed by atoms with E-state index in [1.54, 1.807) is 6.92 Å². The third-order valence-electron chi connectivity index (χ3n) is 3.15. The van der Waals surface area contributed by atoms with Gasteiger partial charge in [0.25, 0.3) is 0 Å². The van der Waals surface area contributed by atoms with Crippen LogP contribution in [0.1, 0.15) is 13.3 Å². The molecule has 1 amide bonds. The van der Waals surface area contributed by atoms with Crippen LogP contribution >= 0.6 is 0 Å². The predicted octanol–water partition coefficient (Wildman–Crippen LogP) is 0.864. The molecule has 1 aromatic rings. The van der Waals surface area contributed by atoms with Gasteiger partial charge in [-0.1, -0.05) is 6.92 Å². The first-order chi connectivity index (χ1) is 9.37. The molecule has 0 radical (unpaired) electrons. The molecular formula is C12H14F2N2O3S. The number of hydrogen-bond acceptors (Lipinski definition) is 3. The van der Waals surface area contributed by atoms with Crippen molar-refractivity contribution in [2.24, 2.45) is 0 Å². The minimum atomic E-state index is -4.25. The summed E-state index contributed by atoms with van der Waals surface area (Å²) in [7, 11) is -4.25. The molecule has 0 saturated carbocycles. The van der Waals surface area contributed by atoms with Crippen LogP contribution in [0.5, 0.6) is 0 Å². The van der Waals surface area contributed by atoms with Gasteiger partial charge in [-0.15, -0.1) is 0 Å². The molecule has 20 heavy (non-hydrogen) atoms. The molecule has 1 unspecified atom stereocenters. The van der Waals surface area contributed by atoms with Gasteiger partial charge in [-0.3, -0.25) is 4.79 Å². The average Bonchev–Trinajstić information content (AvgIpc) is 2.41. The van der Waals surface area contributed by atoms with Gasteiger partial charge in [-0.25, -0.2) is 17.2 Å². The maximum atomic E-state index is 13.7. The summed E-state index contributed by atoms with van der Waals surface area (Å²) in [4.78, 5) is 10.9. The number of halogens is 2. The van der Waals surface area contributed by atoms with E-state index in [0.717, 1.165) is 16.4 Å². The molecular weight excluding hydrogens is 290 g/mol. The molecule has 110 valence electrons. The van der Waals surface area contributed by atoms with Crippen molar-refractivity contribution < 1.29 is 22.0 Å². The lowest BCUT2D eigenvalue weighted by atomic mass is 10.2. The van der Waals surface area contributed by atoms with Gasteiger partial charge < -0.3 is 5.32 Å². The van der Waals surface area contributed by atoms with Crippen molar-refractivity contribution in [1.82, 2.24) is 9.62 Å². The molecule has 1 N–H and O–H groups in total. The molecule has 0 aliphatic carbocycles. The van der Waals surface area contributed by atoms with E-state index >= 15 is 0 Å². The highest BCUT2D eigenvalue weighted by Gasteiger charge is 2.38. The number of rotatable bonds is 3. The Kier molecular flexibility index (Phi) is 4.05. The van der Waals surface area contributed by atoms with Crippen LogP contribution in [0.2, 0.25) is 0 Å². The lowest BCUT2D eigenvalue weighted by Gasteiger charge is -2.33. The maximum Gasteiger partial charge on any atom is 0.246 e. The number of benzene rings is 1. The Labute approximate surface area is 115 Å². The van der Waals surface area contributed by atoms with Crippen molar-refractivity contribution in [2.75, 3.05) is 13.1 Å². The average molecular weight is 304 g/mol. The van der Waals surface area contributed by atoms with Crippen molar-refractivity contribution in [2.45, 2.75) is 24.3 Å². The van der Waals surface area contributed by atoms with Crippen LogP contribution in [0.15, 0.2) is 23.1 Å². The molecule has 8 heteroatoms. The number of nitrogens with one attached hydrogen (secondary N) is 1. The second kappa shape index (κ2) is 5.45. The van der Waals surface area contributed by atoms with Gasteiger partial charge in [0.15, 0.2) is 0 Å². The molecule has 5 nitrogen and oxygen atoms in total. The Hall–Kier alpha value is -1.54. The topological polar surface area (TPSA) is 66.5 Å². The maximum absolute atomic E-state index is 13.7. The van der Waals surface area contributed by atoms with Gasteiger partial charge in [0.1, 0.15) is 22.6 Å². The van der Waals surface area contributed by atoms with Gasteiger partial charge in [0, 0.05) is 13.1 Å². The number of carbonyl (C=O) groups excluding carboxylic acids is 1. The van der Waals surface area contributed by atoms with Crippen molar-refractivity contribution in [3.63, 3.8) is 0 Å². The first-order valence-electron chi connectivity index (χ1n) is 6.12. The van der Waals surface area contributed by atoms with Gasteiger partial charge in [0.2, 0.25) is 15.9 Å². The number of hydrogen-bond donors (Lipinski definition) is 1. The van der Waals surface area contributed by atoms with E-state index in [1.165, 1.54) is 0 Å². The largest absolute Gasteiger partial charge is 0.353 e. The van der Waals surface area contributed by atoms with E-state index < -0.39 is 38.5 Å². The van der Waals surface area contributed by atoms with E-state index in [-0.39, 0.29) is 19.5 Å². The summed E-state index contributed by atoms with van der Waals surface area (Å²) in [6.07, 6.45) is 0.252. The summed E-state index contributed by atoms with van der Waals surface area (Å²) in [6.45, 7) is 1.83. The lowest BCUT2D eigenvalue weighted by molar-refractivity contribution is -0.126. The zero-order chi connectivity index (χ0) is 14.9. The highest BCUT2D eigenvalue weighted by molar-refractivity contribution is 7.89. The first-order valence-corrected chi connectivity index (χ1v) is 7.56. The fourth-order valence-electron chi connectivity index (χ4n) is 2.17. The summed E-state index contributed by atoms with van der Waals surface area (Å²) in [5.41, 5.74) is 0. The zero-order valence-corrected chi connectivity index (χ0v) is 11.6. The van der Waals surface area contributed by atoms with E-state index in [9.17, 15) is 22.0 Å². The molecule has 0 bridgehead atoms. The van der Waals surface area contributed by atoms with Gasteiger partial charge in [-0.2, -0.15) is 4.31 Å². The van der Waals surface area contributed by atoms with Crippen molar-refractivity contribution in [1.29, 1.82) is 0 Å². The molecule has 0 spiro atoms. The Morgan fingerprint density at radius 1 is 1.40 bits per heavy atom. The predicted molar refractivity (Wildman–Crippen MR) is 67.3 cm³/mol. The number of carbonyl (C=O) groups is 1. The second-order valence-electron chi connectivity index (χ2n) is 4.41. The number of piperazine rings is 1. The molecule has 1 aromatic carbocycles. The fraction of sp³-hybridized carbons (Fsp3) is 0.417. The van der Waals surface area contributed by atoms with Crippen molar-refractivity contribution in [3.8, 4) is 0 Å². The molecule has 1 aliphatic rings. The minimum Gasteiger partial charge on any atom is -0.353 e. The van der Waals surface area contributed by atoms with Crippen molar-refractivity contribution >= 4 is 15.9 Å². The number of amides is 1. The summed E-state index contributed by atoms with van der Waals surface area (Å²) in [6, 6.07) is 1.32. The third-order valence-corrected chi connectivity index (χ3v) is 5.07. The summed E-state index contributed by atoms with van der Waals surface area (Å²) in [5.74, 6) is -2.31. The van der Waals surface area contributed by atoms with Crippen LogP contribution in [0, 0.1) is 11.6 Å². The molecule has 1 atom stereocenters. The molecule has 0 aromatic heterocycles. The Morgan fingerprint density at radius 3 is 2.75 bits per heavy atom. The SMILES string of the molecule is CCC1C(=O)NCCN1S(=O)(=O)c1cc(F)ccc1F. The standard InChI is InChI=1S/C12H14F2N2O3S/c1-2-10-12(17)15-5-6-16(10)20(18,19)11-7-8(13)3-4-9(11)14/h3-4,7,10H,2,5-6H2,1H3,(H,15,17). The highest BCUT2D eigenvalue weighted by atomic mass is 32.2. The van der Waals surface area contributed by atoms with Crippen molar-refractivity contribution in [3.05, 3.63) is 29.8 Å². The number of sulfonamides is 1. The normalized spacial score (nSPS) is 20.8. The van der Waals surface area contributed by atoms with Crippen LogP contribution in [0.3, 0.4) is 0 Å². The molecule has 2 rings (SSSR count). The van der Waals surface area contributed by atoms with Crippen LogP contribution in [-0.4, -0.2) is 37.8 Å². The first kappa shape index (κ1) is 14.9. The molecule has 1 fully saturated rings. The minimum absolute atomic E-state index is 0.0303. The van der Waals surface area contributed by atoms with Gasteiger partial charge in [-0.05, 0) is 24.6 Å². The van der Waals surface area contributed by atoms with Gasteiger partial charge >= 0.3 is 0 Å². The van der Waals surface area contributed by atoms with E-state index in [0.29, 0.717) is 6.07 Å². The van der Waals surface area contributed by atoms with Crippen LogP contribution in [0.25, 0.3) is 0 Å². The van der Waals surface area contributed by atoms with Crippen LogP contribution in [0.4, 0.5) is 8.78 Å². The monoisotopic (exact) mass is 304 g/mol. The van der Waals surface area contributed by atoms with E-state index in [2.05, 4.69) is 5.32 Å². The summed E-state index contributed by atoms with van der Waals surface area (Å²) >= 11 is 0. The highest BCUT2D eigenvalue weighted by Crippen LogP contribution is 2.24. The summed E-state index contributed by atoms with van der Waals surface area (Å²) in [5, 5.41) is 2.55. The number of nitrogens with zero attached hydrogens (tertiary/aromatic N) is 1. The molecule has 1 aliphatic heterocycles.